The number of hydrogen-bond donors (Lipinski definition) is 1. The SMILES string of the molecule is CS(=O)(=O)c1cc([N+](=O)[O-])cc(Br)c1N. The number of nitro benzene ring substituents is 1. The molecule has 1 aromatic rings. The molecule has 0 atom stereocenters. The first kappa shape index (κ1) is 11.9. The molecule has 1 aromatic carbocycles. The predicted octanol–water partition coefficient (Wildman–Crippen LogP) is 1.34. The van der Waals surface area contributed by atoms with Gasteiger partial charge < -0.3 is 5.73 Å². The molecule has 6 nitrogen and oxygen atoms in total. The number of nitro groups is 1. The summed E-state index contributed by atoms with van der Waals surface area (Å²) in [5, 5.41) is 10.5. The number of rotatable bonds is 2. The molecule has 0 amide bonds. The molecule has 82 valence electrons. The monoisotopic (exact) mass is 294 g/mol. The molecule has 1 rings (SSSR count). The van der Waals surface area contributed by atoms with Gasteiger partial charge in [-0.25, -0.2) is 8.42 Å². The summed E-state index contributed by atoms with van der Waals surface area (Å²) in [6.45, 7) is 0. The van der Waals surface area contributed by atoms with Crippen molar-refractivity contribution in [3.05, 3.63) is 26.7 Å². The Hall–Kier alpha value is -1.15. The molecule has 0 spiro atoms. The van der Waals surface area contributed by atoms with Crippen molar-refractivity contribution >= 4 is 37.1 Å². The third kappa shape index (κ3) is 2.45. The maximum absolute atomic E-state index is 11.3. The van der Waals surface area contributed by atoms with E-state index >= 15 is 0 Å². The zero-order valence-corrected chi connectivity index (χ0v) is 10.0. The Balaban J connectivity index is 3.59. The van der Waals surface area contributed by atoms with Gasteiger partial charge in [-0.2, -0.15) is 0 Å². The standard InChI is InChI=1S/C7H7BrN2O4S/c1-15(13,14)6-3-4(10(11)12)2-5(8)7(6)9/h2-3H,9H2,1H3. The fourth-order valence-electron chi connectivity index (χ4n) is 0.991. The second-order valence-electron chi connectivity index (χ2n) is 2.87. The molecule has 8 heteroatoms. The Morgan fingerprint density at radius 2 is 2.00 bits per heavy atom. The van der Waals surface area contributed by atoms with Crippen molar-refractivity contribution in [3.8, 4) is 0 Å². The van der Waals surface area contributed by atoms with Crippen LogP contribution in [0, 0.1) is 10.1 Å². The maximum Gasteiger partial charge on any atom is 0.272 e. The topological polar surface area (TPSA) is 103 Å². The van der Waals surface area contributed by atoms with E-state index in [0.29, 0.717) is 0 Å². The number of benzene rings is 1. The van der Waals surface area contributed by atoms with Crippen molar-refractivity contribution in [3.63, 3.8) is 0 Å². The zero-order valence-electron chi connectivity index (χ0n) is 7.60. The number of anilines is 1. The van der Waals surface area contributed by atoms with Crippen LogP contribution in [-0.4, -0.2) is 19.6 Å². The van der Waals surface area contributed by atoms with E-state index in [1.54, 1.807) is 0 Å². The van der Waals surface area contributed by atoms with Gasteiger partial charge in [0.2, 0.25) is 0 Å². The van der Waals surface area contributed by atoms with Gasteiger partial charge in [0.15, 0.2) is 9.84 Å². The Morgan fingerprint density at radius 3 is 2.40 bits per heavy atom. The Kier molecular flexibility index (Phi) is 3.00. The van der Waals surface area contributed by atoms with Crippen LogP contribution in [0.15, 0.2) is 21.5 Å². The summed E-state index contributed by atoms with van der Waals surface area (Å²) in [5.41, 5.74) is 5.14. The van der Waals surface area contributed by atoms with Crippen LogP contribution in [-0.2, 0) is 9.84 Å². The van der Waals surface area contributed by atoms with Gasteiger partial charge in [-0.1, -0.05) is 0 Å². The summed E-state index contributed by atoms with van der Waals surface area (Å²) < 4.78 is 22.7. The van der Waals surface area contributed by atoms with Crippen molar-refractivity contribution < 1.29 is 13.3 Å². The van der Waals surface area contributed by atoms with E-state index in [-0.39, 0.29) is 20.7 Å². The smallest absolute Gasteiger partial charge is 0.272 e. The number of non-ortho nitro benzene ring substituents is 1. The molecule has 0 saturated heterocycles. The highest BCUT2D eigenvalue weighted by Gasteiger charge is 2.19. The van der Waals surface area contributed by atoms with E-state index in [9.17, 15) is 18.5 Å². The lowest BCUT2D eigenvalue weighted by Gasteiger charge is -2.05. The highest BCUT2D eigenvalue weighted by Crippen LogP contribution is 2.31. The number of nitrogens with two attached hydrogens (primary N) is 1. The molecule has 0 aliphatic heterocycles. The molecule has 0 unspecified atom stereocenters. The van der Waals surface area contributed by atoms with Gasteiger partial charge in [-0.3, -0.25) is 10.1 Å². The Morgan fingerprint density at radius 1 is 1.47 bits per heavy atom. The van der Waals surface area contributed by atoms with E-state index in [1.165, 1.54) is 0 Å². The predicted molar refractivity (Wildman–Crippen MR) is 58.3 cm³/mol. The van der Waals surface area contributed by atoms with Gasteiger partial charge in [0.05, 0.1) is 15.5 Å². The van der Waals surface area contributed by atoms with E-state index in [0.717, 1.165) is 18.4 Å². The number of hydrogen-bond acceptors (Lipinski definition) is 5. The minimum Gasteiger partial charge on any atom is -0.397 e. The number of sulfone groups is 1. The molecule has 0 bridgehead atoms. The molecule has 0 heterocycles. The molecular formula is C7H7BrN2O4S. The van der Waals surface area contributed by atoms with Gasteiger partial charge in [0.1, 0.15) is 0 Å². The van der Waals surface area contributed by atoms with Gasteiger partial charge in [-0.15, -0.1) is 0 Å². The van der Waals surface area contributed by atoms with Crippen LogP contribution in [0.4, 0.5) is 11.4 Å². The van der Waals surface area contributed by atoms with Crippen LogP contribution in [0.2, 0.25) is 0 Å². The highest BCUT2D eigenvalue weighted by molar-refractivity contribution is 9.10. The largest absolute Gasteiger partial charge is 0.397 e. The molecule has 0 aliphatic rings. The lowest BCUT2D eigenvalue weighted by molar-refractivity contribution is -0.385. The number of nitrogens with zero attached hydrogens (tertiary/aromatic N) is 1. The van der Waals surface area contributed by atoms with Crippen molar-refractivity contribution in [2.75, 3.05) is 12.0 Å². The van der Waals surface area contributed by atoms with Gasteiger partial charge in [0.25, 0.3) is 5.69 Å². The molecule has 0 fully saturated rings. The van der Waals surface area contributed by atoms with E-state index in [4.69, 9.17) is 5.73 Å². The molecule has 2 N–H and O–H groups in total. The average Bonchev–Trinajstić information content (AvgIpc) is 2.06. The quantitative estimate of drug-likeness (QED) is 0.504. The highest BCUT2D eigenvalue weighted by atomic mass is 79.9. The lowest BCUT2D eigenvalue weighted by Crippen LogP contribution is -2.04. The zero-order chi connectivity index (χ0) is 11.8. The van der Waals surface area contributed by atoms with E-state index < -0.39 is 14.8 Å². The van der Waals surface area contributed by atoms with Crippen LogP contribution < -0.4 is 5.73 Å². The fourth-order valence-corrected chi connectivity index (χ4v) is 2.41. The minimum atomic E-state index is -3.57. The summed E-state index contributed by atoms with van der Waals surface area (Å²) >= 11 is 2.96. The summed E-state index contributed by atoms with van der Waals surface area (Å²) in [5.74, 6) is 0. The molecular weight excluding hydrogens is 288 g/mol. The third-order valence-electron chi connectivity index (χ3n) is 1.69. The lowest BCUT2D eigenvalue weighted by atomic mass is 10.3. The summed E-state index contributed by atoms with van der Waals surface area (Å²) in [6.07, 6.45) is 0.939. The van der Waals surface area contributed by atoms with Crippen molar-refractivity contribution in [2.45, 2.75) is 4.90 Å². The van der Waals surface area contributed by atoms with Gasteiger partial charge in [-0.05, 0) is 15.9 Å². The summed E-state index contributed by atoms with van der Waals surface area (Å²) in [6, 6.07) is 2.10. The molecule has 0 saturated carbocycles. The molecule has 0 radical (unpaired) electrons. The van der Waals surface area contributed by atoms with E-state index in [2.05, 4.69) is 15.9 Å². The van der Waals surface area contributed by atoms with Gasteiger partial charge >= 0.3 is 0 Å². The normalized spacial score (nSPS) is 11.3. The van der Waals surface area contributed by atoms with Crippen LogP contribution in [0.1, 0.15) is 0 Å². The number of nitrogen functional groups attached to an aromatic ring is 1. The van der Waals surface area contributed by atoms with Crippen LogP contribution >= 0.6 is 15.9 Å². The number of halogens is 1. The van der Waals surface area contributed by atoms with Gasteiger partial charge in [0, 0.05) is 22.9 Å². The molecule has 0 aromatic heterocycles. The fraction of sp³-hybridized carbons (Fsp3) is 0.143. The van der Waals surface area contributed by atoms with Crippen LogP contribution in [0.25, 0.3) is 0 Å². The van der Waals surface area contributed by atoms with Crippen LogP contribution in [0.5, 0.6) is 0 Å². The first-order chi connectivity index (χ1) is 6.73. The molecule has 15 heavy (non-hydrogen) atoms. The second kappa shape index (κ2) is 3.78. The van der Waals surface area contributed by atoms with Crippen molar-refractivity contribution in [1.82, 2.24) is 0 Å². The first-order valence-electron chi connectivity index (χ1n) is 3.67. The Labute approximate surface area is 94.3 Å². The summed E-state index contributed by atoms with van der Waals surface area (Å²) in [7, 11) is -3.57. The molecule has 0 aliphatic carbocycles. The third-order valence-corrected chi connectivity index (χ3v) is 3.48. The maximum atomic E-state index is 11.3. The van der Waals surface area contributed by atoms with Crippen molar-refractivity contribution in [2.24, 2.45) is 0 Å². The minimum absolute atomic E-state index is 0.0249. The Bertz CT molecular complexity index is 526. The first-order valence-corrected chi connectivity index (χ1v) is 6.35. The van der Waals surface area contributed by atoms with Crippen molar-refractivity contribution in [1.29, 1.82) is 0 Å². The average molecular weight is 295 g/mol. The second-order valence-corrected chi connectivity index (χ2v) is 5.71. The van der Waals surface area contributed by atoms with Crippen LogP contribution in [0.3, 0.4) is 0 Å². The van der Waals surface area contributed by atoms with E-state index in [1.807, 2.05) is 0 Å². The summed E-state index contributed by atoms with van der Waals surface area (Å²) in [4.78, 5) is 9.56.